The van der Waals surface area contributed by atoms with Crippen LogP contribution in [0.4, 0.5) is 5.69 Å². The zero-order chi connectivity index (χ0) is 26.6. The van der Waals surface area contributed by atoms with Gasteiger partial charge in [-0.3, -0.25) is 4.79 Å². The van der Waals surface area contributed by atoms with E-state index in [-0.39, 0.29) is 11.6 Å². The van der Waals surface area contributed by atoms with Gasteiger partial charge in [-0.2, -0.15) is 0 Å². The van der Waals surface area contributed by atoms with Gasteiger partial charge in [-0.15, -0.1) is 10.2 Å². The first kappa shape index (κ1) is 25.9. The topological polar surface area (TPSA) is 45.0 Å². The lowest BCUT2D eigenvalue weighted by atomic mass is 9.95. The zero-order valence-corrected chi connectivity index (χ0v) is 22.7. The highest BCUT2D eigenvalue weighted by Gasteiger charge is 2.33. The van der Waals surface area contributed by atoms with Crippen molar-refractivity contribution in [3.05, 3.63) is 140 Å². The Labute approximate surface area is 236 Å². The number of benzene rings is 4. The Morgan fingerprint density at radius 1 is 0.763 bits per heavy atom. The normalized spacial score (nSPS) is 14.1. The molecule has 1 heterocycles. The van der Waals surface area contributed by atoms with E-state index in [1.54, 1.807) is 17.0 Å². The number of amides is 1. The van der Waals surface area contributed by atoms with Crippen LogP contribution in [0.15, 0.2) is 113 Å². The highest BCUT2D eigenvalue weighted by Crippen LogP contribution is 2.32. The van der Waals surface area contributed by atoms with E-state index in [0.717, 1.165) is 28.0 Å². The van der Waals surface area contributed by atoms with Crippen LogP contribution in [0, 0.1) is 0 Å². The quantitative estimate of drug-likeness (QED) is 0.173. The lowest BCUT2D eigenvalue weighted by Crippen LogP contribution is -2.29. The van der Waals surface area contributed by atoms with Crippen molar-refractivity contribution in [2.45, 2.75) is 6.92 Å². The summed E-state index contributed by atoms with van der Waals surface area (Å²) in [5.74, 6) is -0.208. The average molecular weight is 559 g/mol. The van der Waals surface area contributed by atoms with Crippen molar-refractivity contribution in [2.24, 2.45) is 10.2 Å². The Morgan fingerprint density at radius 3 is 1.92 bits per heavy atom. The van der Waals surface area contributed by atoms with Gasteiger partial charge in [0.25, 0.3) is 5.91 Å². The van der Waals surface area contributed by atoms with Crippen molar-refractivity contribution < 1.29 is 4.79 Å². The minimum Gasteiger partial charge on any atom is -0.307 e. The van der Waals surface area contributed by atoms with Crippen molar-refractivity contribution in [1.82, 2.24) is 0 Å². The van der Waals surface area contributed by atoms with Gasteiger partial charge in [-0.1, -0.05) is 89.4 Å². The molecule has 188 valence electrons. The fraction of sp³-hybridized carbons (Fsp3) is 0.0645. The Morgan fingerprint density at radius 2 is 1.34 bits per heavy atom. The SMILES string of the molecule is CCN1C(=O)/C(=N\N=C(\C=C(c2ccc(Cl)cc2)c2ccc(Cl)cc2)c2ccccc2)c2cc(Cl)ccc21. The summed E-state index contributed by atoms with van der Waals surface area (Å²) in [7, 11) is 0. The number of anilines is 1. The predicted molar refractivity (Wildman–Crippen MR) is 159 cm³/mol. The Hall–Kier alpha value is -3.70. The first-order chi connectivity index (χ1) is 18.4. The third-order valence-electron chi connectivity index (χ3n) is 6.19. The molecule has 0 radical (unpaired) electrons. The molecular weight excluding hydrogens is 537 g/mol. The van der Waals surface area contributed by atoms with Gasteiger partial charge in [0.2, 0.25) is 0 Å². The molecule has 0 fully saturated rings. The van der Waals surface area contributed by atoms with Crippen LogP contribution in [0.1, 0.15) is 29.2 Å². The fourth-order valence-corrected chi connectivity index (χ4v) is 4.73. The molecule has 0 aliphatic carbocycles. The van der Waals surface area contributed by atoms with E-state index < -0.39 is 0 Å². The van der Waals surface area contributed by atoms with Crippen LogP contribution in [-0.4, -0.2) is 23.9 Å². The number of halogens is 3. The molecule has 1 amide bonds. The van der Waals surface area contributed by atoms with Gasteiger partial charge < -0.3 is 4.90 Å². The molecule has 1 aliphatic rings. The molecule has 0 N–H and O–H groups in total. The minimum atomic E-state index is -0.208. The van der Waals surface area contributed by atoms with Gasteiger partial charge >= 0.3 is 0 Å². The molecule has 0 bridgehead atoms. The molecule has 0 saturated carbocycles. The molecule has 0 unspecified atom stereocenters. The van der Waals surface area contributed by atoms with E-state index in [1.165, 1.54) is 0 Å². The van der Waals surface area contributed by atoms with Crippen LogP contribution in [0.3, 0.4) is 0 Å². The van der Waals surface area contributed by atoms with Gasteiger partial charge in [0.1, 0.15) is 0 Å². The van der Waals surface area contributed by atoms with Crippen LogP contribution < -0.4 is 4.90 Å². The average Bonchev–Trinajstić information content (AvgIpc) is 3.20. The summed E-state index contributed by atoms with van der Waals surface area (Å²) >= 11 is 18.6. The van der Waals surface area contributed by atoms with E-state index >= 15 is 0 Å². The third-order valence-corrected chi connectivity index (χ3v) is 6.93. The van der Waals surface area contributed by atoms with Crippen molar-refractivity contribution >= 4 is 63.4 Å². The Balaban J connectivity index is 1.69. The summed E-state index contributed by atoms with van der Waals surface area (Å²) in [6, 6.07) is 30.3. The highest BCUT2D eigenvalue weighted by molar-refractivity contribution is 6.54. The van der Waals surface area contributed by atoms with Crippen molar-refractivity contribution in [2.75, 3.05) is 11.4 Å². The first-order valence-corrected chi connectivity index (χ1v) is 13.1. The second-order valence-corrected chi connectivity index (χ2v) is 9.89. The summed E-state index contributed by atoms with van der Waals surface area (Å²) in [5.41, 5.74) is 5.92. The van der Waals surface area contributed by atoms with Gasteiger partial charge in [0, 0.05) is 32.7 Å². The Kier molecular flexibility index (Phi) is 7.75. The molecule has 0 aromatic heterocycles. The second kappa shape index (κ2) is 11.4. The molecule has 4 nitrogen and oxygen atoms in total. The maximum absolute atomic E-state index is 13.2. The molecule has 0 spiro atoms. The van der Waals surface area contributed by atoms with Crippen LogP contribution in [-0.2, 0) is 4.79 Å². The lowest BCUT2D eigenvalue weighted by molar-refractivity contribution is -0.112. The van der Waals surface area contributed by atoms with E-state index in [0.29, 0.717) is 32.9 Å². The smallest absolute Gasteiger partial charge is 0.279 e. The summed E-state index contributed by atoms with van der Waals surface area (Å²) in [6.45, 7) is 2.43. The molecule has 1 aliphatic heterocycles. The summed E-state index contributed by atoms with van der Waals surface area (Å²) in [5, 5.41) is 11.0. The number of rotatable bonds is 6. The predicted octanol–water partition coefficient (Wildman–Crippen LogP) is 8.34. The molecule has 38 heavy (non-hydrogen) atoms. The molecule has 4 aromatic carbocycles. The van der Waals surface area contributed by atoms with E-state index in [1.807, 2.05) is 97.9 Å². The third kappa shape index (κ3) is 5.44. The Bertz CT molecular complexity index is 1530. The molecule has 7 heteroatoms. The largest absolute Gasteiger partial charge is 0.307 e. The molecule has 4 aromatic rings. The van der Waals surface area contributed by atoms with Crippen LogP contribution in [0.25, 0.3) is 5.57 Å². The first-order valence-electron chi connectivity index (χ1n) is 12.0. The lowest BCUT2D eigenvalue weighted by Gasteiger charge is -2.13. The standard InChI is InChI=1S/C31H22Cl3N3O/c1-2-37-29-17-16-25(34)18-27(29)30(31(37)38)36-35-28(22-6-4-3-5-7-22)19-26(20-8-12-23(32)13-9-20)21-10-14-24(33)15-11-21/h3-19H,2H2,1H3/b35-28-,36-30-. The van der Waals surface area contributed by atoms with Gasteiger partial charge in [0.05, 0.1) is 11.4 Å². The molecule has 0 saturated heterocycles. The minimum absolute atomic E-state index is 0.208. The van der Waals surface area contributed by atoms with Crippen molar-refractivity contribution in [3.8, 4) is 0 Å². The summed E-state index contributed by atoms with van der Waals surface area (Å²) in [4.78, 5) is 14.9. The van der Waals surface area contributed by atoms with Crippen molar-refractivity contribution in [3.63, 3.8) is 0 Å². The zero-order valence-electron chi connectivity index (χ0n) is 20.4. The number of allylic oxidation sites excluding steroid dienone is 1. The summed E-state index contributed by atoms with van der Waals surface area (Å²) in [6.07, 6.45) is 1.96. The number of hydrogen-bond acceptors (Lipinski definition) is 3. The van der Waals surface area contributed by atoms with Gasteiger partial charge in [0.15, 0.2) is 5.71 Å². The number of nitrogens with zero attached hydrogens (tertiary/aromatic N) is 3. The molecule has 5 rings (SSSR count). The number of carbonyl (C=O) groups excluding carboxylic acids is 1. The number of carbonyl (C=O) groups is 1. The maximum Gasteiger partial charge on any atom is 0.279 e. The van der Waals surface area contributed by atoms with Crippen LogP contribution in [0.2, 0.25) is 15.1 Å². The number of fused-ring (bicyclic) bond motifs is 1. The number of likely N-dealkylation sites (N-methyl/N-ethyl adjacent to an activating group) is 1. The van der Waals surface area contributed by atoms with Gasteiger partial charge in [-0.05, 0) is 72.2 Å². The second-order valence-electron chi connectivity index (χ2n) is 8.58. The molecular formula is C31H22Cl3N3O. The molecule has 0 atom stereocenters. The maximum atomic E-state index is 13.2. The summed E-state index contributed by atoms with van der Waals surface area (Å²) < 4.78 is 0. The van der Waals surface area contributed by atoms with Crippen LogP contribution in [0.5, 0.6) is 0 Å². The van der Waals surface area contributed by atoms with E-state index in [9.17, 15) is 4.79 Å². The highest BCUT2D eigenvalue weighted by atomic mass is 35.5. The van der Waals surface area contributed by atoms with Gasteiger partial charge in [-0.25, -0.2) is 0 Å². The van der Waals surface area contributed by atoms with Crippen molar-refractivity contribution in [1.29, 1.82) is 0 Å². The monoisotopic (exact) mass is 557 g/mol. The van der Waals surface area contributed by atoms with E-state index in [4.69, 9.17) is 34.8 Å². The van der Waals surface area contributed by atoms with E-state index in [2.05, 4.69) is 10.2 Å². The van der Waals surface area contributed by atoms with Crippen LogP contribution >= 0.6 is 34.8 Å². The number of hydrogen-bond donors (Lipinski definition) is 0. The fourth-order valence-electron chi connectivity index (χ4n) is 4.31.